The molecule has 1 fully saturated rings. The number of hydrogen-bond acceptors (Lipinski definition) is 3. The lowest BCUT2D eigenvalue weighted by Gasteiger charge is -2.24. The lowest BCUT2D eigenvalue weighted by Crippen LogP contribution is -2.35. The second-order valence-corrected chi connectivity index (χ2v) is 6.30. The van der Waals surface area contributed by atoms with Crippen molar-refractivity contribution < 1.29 is 13.9 Å². The molecule has 1 aliphatic rings. The summed E-state index contributed by atoms with van der Waals surface area (Å²) in [6.07, 6.45) is 4.27. The molecule has 4 nitrogen and oxygen atoms in total. The van der Waals surface area contributed by atoms with Crippen molar-refractivity contribution >= 4 is 6.09 Å². The van der Waals surface area contributed by atoms with Gasteiger partial charge in [0.2, 0.25) is 0 Å². The predicted molar refractivity (Wildman–Crippen MR) is 73.8 cm³/mol. The van der Waals surface area contributed by atoms with E-state index in [1.54, 1.807) is 11.1 Å². The third kappa shape index (κ3) is 4.18. The minimum absolute atomic E-state index is 0.266. The number of ether oxygens (including phenoxy) is 1. The number of rotatable bonds is 2. The molecule has 0 saturated carbocycles. The van der Waals surface area contributed by atoms with Gasteiger partial charge in [-0.1, -0.05) is 0 Å². The molecule has 1 aromatic heterocycles. The first-order valence-corrected chi connectivity index (χ1v) is 6.91. The number of hydrogen-bond donors (Lipinski definition) is 0. The Morgan fingerprint density at radius 1 is 1.50 bits per heavy atom. The average Bonchev–Trinajstić information content (AvgIpc) is 2.75. The number of halogens is 1. The predicted octanol–water partition coefficient (Wildman–Crippen LogP) is 3.02. The Balaban J connectivity index is 1.88. The van der Waals surface area contributed by atoms with E-state index in [-0.39, 0.29) is 11.9 Å². The first-order valence-electron chi connectivity index (χ1n) is 6.91. The summed E-state index contributed by atoms with van der Waals surface area (Å²) in [6.45, 7) is 6.93. The summed E-state index contributed by atoms with van der Waals surface area (Å²) in [5.74, 6) is 0.0237. The van der Waals surface area contributed by atoms with Crippen LogP contribution in [0.2, 0.25) is 0 Å². The zero-order valence-corrected chi connectivity index (χ0v) is 12.2. The molecule has 2 heterocycles. The van der Waals surface area contributed by atoms with Crippen LogP contribution in [-0.4, -0.2) is 34.7 Å². The van der Waals surface area contributed by atoms with Gasteiger partial charge in [-0.05, 0) is 51.2 Å². The third-order valence-corrected chi connectivity index (χ3v) is 3.22. The maximum absolute atomic E-state index is 13.1. The van der Waals surface area contributed by atoms with Gasteiger partial charge in [0, 0.05) is 19.3 Å². The molecule has 0 bridgehead atoms. The Labute approximate surface area is 118 Å². The highest BCUT2D eigenvalue weighted by atomic mass is 19.1. The second kappa shape index (κ2) is 5.77. The fraction of sp³-hybridized carbons (Fsp3) is 0.600. The average molecular weight is 280 g/mol. The van der Waals surface area contributed by atoms with Gasteiger partial charge in [-0.25, -0.2) is 9.18 Å². The van der Waals surface area contributed by atoms with Crippen LogP contribution in [0.4, 0.5) is 9.18 Å². The number of aromatic nitrogens is 1. The highest BCUT2D eigenvalue weighted by molar-refractivity contribution is 5.68. The molecular weight excluding hydrogens is 259 g/mol. The van der Waals surface area contributed by atoms with E-state index in [9.17, 15) is 9.18 Å². The summed E-state index contributed by atoms with van der Waals surface area (Å²) in [4.78, 5) is 17.5. The van der Waals surface area contributed by atoms with Gasteiger partial charge in [-0.2, -0.15) is 0 Å². The molecule has 1 saturated heterocycles. The summed E-state index contributed by atoms with van der Waals surface area (Å²) >= 11 is 0. The van der Waals surface area contributed by atoms with E-state index in [1.807, 2.05) is 20.8 Å². The van der Waals surface area contributed by atoms with E-state index < -0.39 is 5.60 Å². The number of amides is 1. The number of carbonyl (C=O) groups excluding carboxylic acids is 1. The molecule has 0 N–H and O–H groups in total. The fourth-order valence-electron chi connectivity index (χ4n) is 2.39. The van der Waals surface area contributed by atoms with Crippen molar-refractivity contribution in [1.29, 1.82) is 0 Å². The van der Waals surface area contributed by atoms with E-state index >= 15 is 0 Å². The minimum atomic E-state index is -0.471. The molecule has 1 amide bonds. The smallest absolute Gasteiger partial charge is 0.410 e. The van der Waals surface area contributed by atoms with Crippen LogP contribution in [0.5, 0.6) is 0 Å². The zero-order chi connectivity index (χ0) is 14.8. The van der Waals surface area contributed by atoms with Crippen molar-refractivity contribution in [3.8, 4) is 0 Å². The Hall–Kier alpha value is -1.65. The highest BCUT2D eigenvalue weighted by Crippen LogP contribution is 2.22. The standard InChI is InChI=1S/C15H21FN2O2/c1-15(2,3)20-14(19)18-5-4-11(10-18)6-12-7-13(16)9-17-8-12/h7-9,11H,4-6,10H2,1-3H3/t11-/m1/s1. The van der Waals surface area contributed by atoms with Crippen LogP contribution in [-0.2, 0) is 11.2 Å². The fourth-order valence-corrected chi connectivity index (χ4v) is 2.39. The Kier molecular flexibility index (Phi) is 4.26. The summed E-state index contributed by atoms with van der Waals surface area (Å²) in [6, 6.07) is 1.50. The van der Waals surface area contributed by atoms with E-state index in [0.717, 1.165) is 18.4 Å². The topological polar surface area (TPSA) is 42.4 Å². The summed E-state index contributed by atoms with van der Waals surface area (Å²) < 4.78 is 18.4. The molecule has 1 aliphatic heterocycles. The van der Waals surface area contributed by atoms with Crippen LogP contribution < -0.4 is 0 Å². The Morgan fingerprint density at radius 3 is 2.90 bits per heavy atom. The number of likely N-dealkylation sites (tertiary alicyclic amines) is 1. The van der Waals surface area contributed by atoms with Gasteiger partial charge in [0.05, 0.1) is 6.20 Å². The highest BCUT2D eigenvalue weighted by Gasteiger charge is 2.29. The van der Waals surface area contributed by atoms with Crippen LogP contribution >= 0.6 is 0 Å². The molecule has 110 valence electrons. The van der Waals surface area contributed by atoms with Crippen molar-refractivity contribution in [2.45, 2.75) is 39.2 Å². The van der Waals surface area contributed by atoms with Gasteiger partial charge in [0.1, 0.15) is 11.4 Å². The Bertz CT molecular complexity index is 485. The van der Waals surface area contributed by atoms with Crippen LogP contribution in [0, 0.1) is 11.7 Å². The summed E-state index contributed by atoms with van der Waals surface area (Å²) in [7, 11) is 0. The molecule has 1 atom stereocenters. The van der Waals surface area contributed by atoms with Gasteiger partial charge >= 0.3 is 6.09 Å². The van der Waals surface area contributed by atoms with Gasteiger partial charge in [0.25, 0.3) is 0 Å². The van der Waals surface area contributed by atoms with Crippen molar-refractivity contribution in [3.05, 3.63) is 29.8 Å². The lowest BCUT2D eigenvalue weighted by molar-refractivity contribution is 0.0288. The summed E-state index contributed by atoms with van der Waals surface area (Å²) in [5, 5.41) is 0. The van der Waals surface area contributed by atoms with E-state index in [4.69, 9.17) is 4.74 Å². The van der Waals surface area contributed by atoms with Crippen LogP contribution in [0.1, 0.15) is 32.8 Å². The van der Waals surface area contributed by atoms with E-state index in [2.05, 4.69) is 4.98 Å². The van der Waals surface area contributed by atoms with E-state index in [1.165, 1.54) is 12.3 Å². The minimum Gasteiger partial charge on any atom is -0.444 e. The summed E-state index contributed by atoms with van der Waals surface area (Å²) in [5.41, 5.74) is 0.405. The molecule has 20 heavy (non-hydrogen) atoms. The van der Waals surface area contributed by atoms with Gasteiger partial charge in [-0.15, -0.1) is 0 Å². The first-order chi connectivity index (χ1) is 9.33. The molecule has 1 aromatic rings. The quantitative estimate of drug-likeness (QED) is 0.836. The number of nitrogens with zero attached hydrogens (tertiary/aromatic N) is 2. The molecule has 0 spiro atoms. The van der Waals surface area contributed by atoms with Crippen molar-refractivity contribution in [2.24, 2.45) is 5.92 Å². The monoisotopic (exact) mass is 280 g/mol. The molecule has 0 aromatic carbocycles. The van der Waals surface area contributed by atoms with Crippen LogP contribution in [0.3, 0.4) is 0 Å². The molecule has 0 radical (unpaired) electrons. The molecular formula is C15H21FN2O2. The van der Waals surface area contributed by atoms with Crippen LogP contribution in [0.25, 0.3) is 0 Å². The van der Waals surface area contributed by atoms with Gasteiger partial charge in [0.15, 0.2) is 0 Å². The van der Waals surface area contributed by atoms with Crippen LogP contribution in [0.15, 0.2) is 18.5 Å². The van der Waals surface area contributed by atoms with Gasteiger partial charge in [-0.3, -0.25) is 4.98 Å². The largest absolute Gasteiger partial charge is 0.444 e. The number of carbonyl (C=O) groups is 1. The van der Waals surface area contributed by atoms with Gasteiger partial charge < -0.3 is 9.64 Å². The molecule has 0 unspecified atom stereocenters. The van der Waals surface area contributed by atoms with E-state index in [0.29, 0.717) is 19.0 Å². The molecule has 5 heteroatoms. The maximum Gasteiger partial charge on any atom is 0.410 e. The number of pyridine rings is 1. The molecule has 0 aliphatic carbocycles. The first kappa shape index (κ1) is 14.8. The Morgan fingerprint density at radius 2 is 2.25 bits per heavy atom. The molecule has 2 rings (SSSR count). The maximum atomic E-state index is 13.1. The SMILES string of the molecule is CC(C)(C)OC(=O)N1CC[C@H](Cc2cncc(F)c2)C1. The zero-order valence-electron chi connectivity index (χ0n) is 12.2. The lowest BCUT2D eigenvalue weighted by atomic mass is 10.00. The van der Waals surface area contributed by atoms with Crippen molar-refractivity contribution in [2.75, 3.05) is 13.1 Å². The second-order valence-electron chi connectivity index (χ2n) is 6.30. The third-order valence-electron chi connectivity index (χ3n) is 3.22. The van der Waals surface area contributed by atoms with Crippen molar-refractivity contribution in [3.63, 3.8) is 0 Å². The van der Waals surface area contributed by atoms with Crippen molar-refractivity contribution in [1.82, 2.24) is 9.88 Å². The normalized spacial score (nSPS) is 19.2.